The van der Waals surface area contributed by atoms with Gasteiger partial charge < -0.3 is 10.4 Å². The van der Waals surface area contributed by atoms with E-state index in [4.69, 9.17) is 0 Å². The molecule has 2 atom stereocenters. The van der Waals surface area contributed by atoms with Crippen LogP contribution in [0.15, 0.2) is 11.4 Å². The van der Waals surface area contributed by atoms with Crippen molar-refractivity contribution in [2.45, 2.75) is 51.2 Å². The number of thiophene rings is 1. The highest BCUT2D eigenvalue weighted by Crippen LogP contribution is 2.27. The molecule has 1 aliphatic rings. The lowest BCUT2D eigenvalue weighted by atomic mass is 9.83. The molecule has 1 saturated carbocycles. The molecule has 20 heavy (non-hydrogen) atoms. The van der Waals surface area contributed by atoms with Crippen molar-refractivity contribution in [1.82, 2.24) is 5.32 Å². The molecule has 1 aliphatic carbocycles. The van der Waals surface area contributed by atoms with Gasteiger partial charge in [0.05, 0.1) is 11.0 Å². The fraction of sp³-hybridized carbons (Fsp3) is 0.714. The van der Waals surface area contributed by atoms with Crippen LogP contribution in [0.3, 0.4) is 0 Å². The van der Waals surface area contributed by atoms with E-state index in [2.05, 4.69) is 5.32 Å². The number of aliphatic hydroxyl groups excluding tert-OH is 1. The Balaban J connectivity index is 1.60. The van der Waals surface area contributed by atoms with Crippen molar-refractivity contribution < 1.29 is 10.0 Å². The molecule has 2 unspecified atom stereocenters. The summed E-state index contributed by atoms with van der Waals surface area (Å²) in [6, 6.07) is 1.63. The molecular weight excluding hydrogens is 276 g/mol. The van der Waals surface area contributed by atoms with E-state index in [-0.39, 0.29) is 16.0 Å². The molecule has 5 nitrogen and oxygen atoms in total. The molecule has 6 heteroatoms. The maximum atomic E-state index is 10.6. The van der Waals surface area contributed by atoms with Gasteiger partial charge in [-0.25, -0.2) is 0 Å². The standard InChI is InChI=1S/C14H22N2O3S/c17-13-6-2-1-4-12(13)5-3-7-15-9-11-8-14(16(18)19)20-10-11/h8,10,12-13,15,17H,1-7,9H2. The summed E-state index contributed by atoms with van der Waals surface area (Å²) in [6.45, 7) is 1.57. The second kappa shape index (κ2) is 7.71. The topological polar surface area (TPSA) is 75.4 Å². The van der Waals surface area contributed by atoms with Crippen LogP contribution >= 0.6 is 11.3 Å². The molecule has 112 valence electrons. The molecule has 2 rings (SSSR count). The van der Waals surface area contributed by atoms with Crippen LogP contribution < -0.4 is 5.32 Å². The molecule has 0 amide bonds. The van der Waals surface area contributed by atoms with E-state index in [9.17, 15) is 15.2 Å². The Labute approximate surface area is 123 Å². The van der Waals surface area contributed by atoms with Gasteiger partial charge in [-0.3, -0.25) is 10.1 Å². The first-order valence-corrected chi connectivity index (χ1v) is 8.15. The predicted octanol–water partition coefficient (Wildman–Crippen LogP) is 3.08. The summed E-state index contributed by atoms with van der Waals surface area (Å²) in [7, 11) is 0. The monoisotopic (exact) mass is 298 g/mol. The largest absolute Gasteiger partial charge is 0.393 e. The summed E-state index contributed by atoms with van der Waals surface area (Å²) in [5, 5.41) is 25.8. The fourth-order valence-corrected chi connectivity index (χ4v) is 3.53. The predicted molar refractivity (Wildman–Crippen MR) is 79.9 cm³/mol. The van der Waals surface area contributed by atoms with Gasteiger partial charge in [-0.2, -0.15) is 0 Å². The average molecular weight is 298 g/mol. The Morgan fingerprint density at radius 3 is 2.95 bits per heavy atom. The highest BCUT2D eigenvalue weighted by atomic mass is 32.1. The molecule has 0 spiro atoms. The highest BCUT2D eigenvalue weighted by Gasteiger charge is 2.22. The Kier molecular flexibility index (Phi) is 5.94. The van der Waals surface area contributed by atoms with Crippen molar-refractivity contribution >= 4 is 16.3 Å². The number of nitrogens with zero attached hydrogens (tertiary/aromatic N) is 1. The molecule has 2 N–H and O–H groups in total. The van der Waals surface area contributed by atoms with Crippen LogP contribution in [0.2, 0.25) is 0 Å². The van der Waals surface area contributed by atoms with E-state index in [0.29, 0.717) is 12.5 Å². The quantitative estimate of drug-likeness (QED) is 0.461. The van der Waals surface area contributed by atoms with Crippen LogP contribution in [0.25, 0.3) is 0 Å². The third-order valence-electron chi connectivity index (χ3n) is 3.95. The maximum absolute atomic E-state index is 10.6. The lowest BCUT2D eigenvalue weighted by molar-refractivity contribution is -0.380. The summed E-state index contributed by atoms with van der Waals surface area (Å²) < 4.78 is 0. The van der Waals surface area contributed by atoms with Crippen LogP contribution in [0.4, 0.5) is 5.00 Å². The number of nitro groups is 1. The van der Waals surface area contributed by atoms with E-state index in [1.807, 2.05) is 5.38 Å². The zero-order valence-electron chi connectivity index (χ0n) is 11.6. The lowest BCUT2D eigenvalue weighted by Crippen LogP contribution is -2.25. The van der Waals surface area contributed by atoms with Gasteiger partial charge in [0.2, 0.25) is 0 Å². The molecule has 1 aromatic heterocycles. The maximum Gasteiger partial charge on any atom is 0.324 e. The normalized spacial score (nSPS) is 22.9. The molecule has 0 aliphatic heterocycles. The first-order chi connectivity index (χ1) is 9.66. The SMILES string of the molecule is O=[N+]([O-])c1cc(CNCCCC2CCCCC2O)cs1. The van der Waals surface area contributed by atoms with E-state index >= 15 is 0 Å². The summed E-state index contributed by atoms with van der Waals surface area (Å²) >= 11 is 1.17. The zero-order chi connectivity index (χ0) is 14.4. The van der Waals surface area contributed by atoms with Gasteiger partial charge in [0.1, 0.15) is 0 Å². The highest BCUT2D eigenvalue weighted by molar-refractivity contribution is 7.13. The summed E-state index contributed by atoms with van der Waals surface area (Å²) in [4.78, 5) is 10.2. The number of aliphatic hydroxyl groups is 1. The summed E-state index contributed by atoms with van der Waals surface area (Å²) in [6.07, 6.45) is 6.52. The number of rotatable bonds is 7. The Morgan fingerprint density at radius 2 is 2.25 bits per heavy atom. The molecule has 1 aromatic rings. The van der Waals surface area contributed by atoms with Crippen LogP contribution in [-0.2, 0) is 6.54 Å². The lowest BCUT2D eigenvalue weighted by Gasteiger charge is -2.27. The Morgan fingerprint density at radius 1 is 1.45 bits per heavy atom. The average Bonchev–Trinajstić information content (AvgIpc) is 2.89. The summed E-state index contributed by atoms with van der Waals surface area (Å²) in [5.74, 6) is 0.466. The second-order valence-electron chi connectivity index (χ2n) is 5.48. The minimum atomic E-state index is -0.349. The molecule has 0 aromatic carbocycles. The molecule has 1 fully saturated rings. The smallest absolute Gasteiger partial charge is 0.324 e. The van der Waals surface area contributed by atoms with Gasteiger partial charge in [0, 0.05) is 18.0 Å². The van der Waals surface area contributed by atoms with Gasteiger partial charge in [0.15, 0.2) is 0 Å². The van der Waals surface area contributed by atoms with E-state index in [0.717, 1.165) is 44.2 Å². The first kappa shape index (κ1) is 15.4. The van der Waals surface area contributed by atoms with Crippen LogP contribution in [0.1, 0.15) is 44.1 Å². The van der Waals surface area contributed by atoms with Crippen LogP contribution in [0, 0.1) is 16.0 Å². The van der Waals surface area contributed by atoms with E-state index in [1.54, 1.807) is 6.07 Å². The summed E-state index contributed by atoms with van der Waals surface area (Å²) in [5.41, 5.74) is 0.972. The zero-order valence-corrected chi connectivity index (χ0v) is 12.4. The van der Waals surface area contributed by atoms with Crippen molar-refractivity contribution in [3.05, 3.63) is 27.1 Å². The molecule has 0 saturated heterocycles. The fourth-order valence-electron chi connectivity index (χ4n) is 2.80. The van der Waals surface area contributed by atoms with Gasteiger partial charge in [-0.05, 0) is 43.7 Å². The number of hydrogen-bond acceptors (Lipinski definition) is 5. The van der Waals surface area contributed by atoms with Crippen LogP contribution in [0.5, 0.6) is 0 Å². The Hall–Kier alpha value is -0.980. The van der Waals surface area contributed by atoms with Gasteiger partial charge in [0.25, 0.3) is 0 Å². The molecular formula is C14H22N2O3S. The van der Waals surface area contributed by atoms with Gasteiger partial charge in [-0.15, -0.1) is 0 Å². The van der Waals surface area contributed by atoms with Crippen molar-refractivity contribution in [3.8, 4) is 0 Å². The van der Waals surface area contributed by atoms with Crippen LogP contribution in [-0.4, -0.2) is 22.7 Å². The molecule has 0 bridgehead atoms. The van der Waals surface area contributed by atoms with Gasteiger partial charge in [-0.1, -0.05) is 24.2 Å². The third-order valence-corrected chi connectivity index (χ3v) is 4.88. The van der Waals surface area contributed by atoms with E-state index < -0.39 is 0 Å². The van der Waals surface area contributed by atoms with Crippen molar-refractivity contribution in [2.75, 3.05) is 6.54 Å². The van der Waals surface area contributed by atoms with E-state index in [1.165, 1.54) is 17.8 Å². The van der Waals surface area contributed by atoms with Gasteiger partial charge >= 0.3 is 5.00 Å². The first-order valence-electron chi connectivity index (χ1n) is 7.27. The van der Waals surface area contributed by atoms with Crippen molar-refractivity contribution in [3.63, 3.8) is 0 Å². The minimum Gasteiger partial charge on any atom is -0.393 e. The molecule has 1 heterocycles. The van der Waals surface area contributed by atoms with Crippen molar-refractivity contribution in [2.24, 2.45) is 5.92 Å². The molecule has 0 radical (unpaired) electrons. The third kappa shape index (κ3) is 4.54. The minimum absolute atomic E-state index is 0.108. The Bertz CT molecular complexity index is 436. The second-order valence-corrected chi connectivity index (χ2v) is 6.37. The number of hydrogen-bond donors (Lipinski definition) is 2. The number of nitrogens with one attached hydrogen (secondary N) is 1. The van der Waals surface area contributed by atoms with Crippen molar-refractivity contribution in [1.29, 1.82) is 0 Å².